The molecule has 0 atom stereocenters. The van der Waals surface area contributed by atoms with E-state index in [0.717, 1.165) is 25.0 Å². The van der Waals surface area contributed by atoms with E-state index in [0.29, 0.717) is 6.54 Å². The Labute approximate surface area is 109 Å². The molecule has 0 aliphatic heterocycles. The third-order valence-electron chi connectivity index (χ3n) is 3.19. The van der Waals surface area contributed by atoms with Gasteiger partial charge in [-0.1, -0.05) is 0 Å². The molecule has 1 fully saturated rings. The summed E-state index contributed by atoms with van der Waals surface area (Å²) in [7, 11) is 0. The van der Waals surface area contributed by atoms with E-state index in [1.807, 2.05) is 6.92 Å². The average molecular weight is 272 g/mol. The summed E-state index contributed by atoms with van der Waals surface area (Å²) in [5.74, 6) is -0.365. The molecule has 3 nitrogen and oxygen atoms in total. The zero-order chi connectivity index (χ0) is 14.2. The van der Waals surface area contributed by atoms with Crippen LogP contribution in [-0.4, -0.2) is 23.4 Å². The number of amides is 1. The molecule has 1 aromatic rings. The monoisotopic (exact) mass is 272 g/mol. The van der Waals surface area contributed by atoms with E-state index in [-0.39, 0.29) is 23.2 Å². The van der Waals surface area contributed by atoms with Gasteiger partial charge < -0.3 is 10.6 Å². The summed E-state index contributed by atoms with van der Waals surface area (Å²) in [6.07, 6.45) is -2.71. The van der Waals surface area contributed by atoms with Crippen LogP contribution in [-0.2, 0) is 6.18 Å². The first-order valence-corrected chi connectivity index (χ1v) is 6.12. The molecule has 0 spiro atoms. The van der Waals surface area contributed by atoms with Crippen LogP contribution in [0.3, 0.4) is 0 Å². The number of carbonyl (C=O) groups excluding carboxylic acids is 1. The maximum atomic E-state index is 12.7. The van der Waals surface area contributed by atoms with Crippen LogP contribution in [0.15, 0.2) is 18.2 Å². The van der Waals surface area contributed by atoms with Crippen molar-refractivity contribution in [2.24, 2.45) is 0 Å². The van der Waals surface area contributed by atoms with Gasteiger partial charge in [-0.05, 0) is 38.0 Å². The fourth-order valence-corrected chi connectivity index (χ4v) is 2.05. The minimum Gasteiger partial charge on any atom is -0.398 e. The number of hydrogen-bond acceptors (Lipinski definition) is 2. The van der Waals surface area contributed by atoms with Crippen LogP contribution < -0.4 is 5.73 Å². The quantitative estimate of drug-likeness (QED) is 0.860. The van der Waals surface area contributed by atoms with Gasteiger partial charge in [-0.25, -0.2) is 0 Å². The summed E-state index contributed by atoms with van der Waals surface area (Å²) in [4.78, 5) is 13.8. The van der Waals surface area contributed by atoms with Crippen molar-refractivity contribution in [2.45, 2.75) is 32.0 Å². The van der Waals surface area contributed by atoms with E-state index in [9.17, 15) is 18.0 Å². The molecule has 1 aromatic carbocycles. The molecule has 0 heterocycles. The van der Waals surface area contributed by atoms with E-state index < -0.39 is 11.7 Å². The van der Waals surface area contributed by atoms with Gasteiger partial charge in [-0.2, -0.15) is 13.2 Å². The number of rotatable bonds is 3. The summed E-state index contributed by atoms with van der Waals surface area (Å²) in [6, 6.07) is 3.49. The Balaban J connectivity index is 2.32. The maximum Gasteiger partial charge on any atom is 0.418 e. The van der Waals surface area contributed by atoms with Crippen molar-refractivity contribution in [2.75, 3.05) is 12.3 Å². The van der Waals surface area contributed by atoms with Gasteiger partial charge in [-0.15, -0.1) is 0 Å². The van der Waals surface area contributed by atoms with E-state index in [1.54, 1.807) is 4.90 Å². The Kier molecular flexibility index (Phi) is 3.43. The number of nitrogens with two attached hydrogens (primary N) is 1. The molecule has 1 amide bonds. The normalized spacial score (nSPS) is 15.4. The van der Waals surface area contributed by atoms with Gasteiger partial charge in [0.25, 0.3) is 5.91 Å². The molecule has 1 aliphatic rings. The molecule has 6 heteroatoms. The van der Waals surface area contributed by atoms with Crippen LogP contribution in [0.5, 0.6) is 0 Å². The third kappa shape index (κ3) is 2.83. The van der Waals surface area contributed by atoms with Crippen molar-refractivity contribution >= 4 is 11.6 Å². The molecular weight excluding hydrogens is 257 g/mol. The van der Waals surface area contributed by atoms with Gasteiger partial charge in [0, 0.05) is 23.8 Å². The van der Waals surface area contributed by atoms with Crippen LogP contribution in [0, 0.1) is 0 Å². The highest BCUT2D eigenvalue weighted by molar-refractivity contribution is 5.95. The Morgan fingerprint density at radius 3 is 2.53 bits per heavy atom. The second-order valence-corrected chi connectivity index (χ2v) is 4.62. The SMILES string of the molecule is CCN(C(=O)c1ccc(N)c(C(F)(F)F)c1)C1CC1. The van der Waals surface area contributed by atoms with E-state index >= 15 is 0 Å². The van der Waals surface area contributed by atoms with E-state index in [2.05, 4.69) is 0 Å². The van der Waals surface area contributed by atoms with Crippen LogP contribution in [0.4, 0.5) is 18.9 Å². The van der Waals surface area contributed by atoms with Gasteiger partial charge in [0.15, 0.2) is 0 Å². The van der Waals surface area contributed by atoms with Gasteiger partial charge in [0.1, 0.15) is 0 Å². The molecule has 1 aliphatic carbocycles. The van der Waals surface area contributed by atoms with Crippen molar-refractivity contribution in [1.82, 2.24) is 4.90 Å². The highest BCUT2D eigenvalue weighted by Crippen LogP contribution is 2.35. The third-order valence-corrected chi connectivity index (χ3v) is 3.19. The molecule has 0 bridgehead atoms. The van der Waals surface area contributed by atoms with Crippen molar-refractivity contribution in [3.63, 3.8) is 0 Å². The lowest BCUT2D eigenvalue weighted by Gasteiger charge is -2.21. The van der Waals surface area contributed by atoms with Gasteiger partial charge in [0.05, 0.1) is 5.56 Å². The molecule has 0 aromatic heterocycles. The molecule has 0 unspecified atom stereocenters. The van der Waals surface area contributed by atoms with E-state index in [4.69, 9.17) is 5.73 Å². The molecular formula is C13H15F3N2O. The van der Waals surface area contributed by atoms with Crippen molar-refractivity contribution in [3.8, 4) is 0 Å². The number of anilines is 1. The minimum absolute atomic E-state index is 0.0373. The van der Waals surface area contributed by atoms with Crippen LogP contribution >= 0.6 is 0 Å². The average Bonchev–Trinajstić information content (AvgIpc) is 3.13. The number of alkyl halides is 3. The zero-order valence-electron chi connectivity index (χ0n) is 10.5. The maximum absolute atomic E-state index is 12.7. The minimum atomic E-state index is -4.54. The van der Waals surface area contributed by atoms with Crippen molar-refractivity contribution in [1.29, 1.82) is 0 Å². The molecule has 0 saturated heterocycles. The molecule has 104 valence electrons. The Morgan fingerprint density at radius 1 is 1.42 bits per heavy atom. The van der Waals surface area contributed by atoms with Crippen LogP contribution in [0.2, 0.25) is 0 Å². The lowest BCUT2D eigenvalue weighted by atomic mass is 10.1. The summed E-state index contributed by atoms with van der Waals surface area (Å²) < 4.78 is 38.2. The molecule has 2 N–H and O–H groups in total. The predicted octanol–water partition coefficient (Wildman–Crippen LogP) is 2.91. The highest BCUT2D eigenvalue weighted by Gasteiger charge is 2.35. The van der Waals surface area contributed by atoms with Gasteiger partial charge in [-0.3, -0.25) is 4.79 Å². The van der Waals surface area contributed by atoms with Crippen LogP contribution in [0.25, 0.3) is 0 Å². The number of hydrogen-bond donors (Lipinski definition) is 1. The van der Waals surface area contributed by atoms with E-state index in [1.165, 1.54) is 6.07 Å². The summed E-state index contributed by atoms with van der Waals surface area (Å²) in [5.41, 5.74) is 4.03. The standard InChI is InChI=1S/C13H15F3N2O/c1-2-18(9-4-5-9)12(19)8-3-6-11(17)10(7-8)13(14,15)16/h3,6-7,9H,2,4-5,17H2,1H3. The van der Waals surface area contributed by atoms with Gasteiger partial charge in [0.2, 0.25) is 0 Å². The molecule has 1 saturated carbocycles. The Bertz CT molecular complexity index is 495. The predicted molar refractivity (Wildman–Crippen MR) is 65.6 cm³/mol. The number of benzene rings is 1. The molecule has 19 heavy (non-hydrogen) atoms. The number of nitrogen functional groups attached to an aromatic ring is 1. The smallest absolute Gasteiger partial charge is 0.398 e. The van der Waals surface area contributed by atoms with Gasteiger partial charge >= 0.3 is 6.18 Å². The van der Waals surface area contributed by atoms with Crippen molar-refractivity contribution < 1.29 is 18.0 Å². The number of carbonyl (C=O) groups is 1. The topological polar surface area (TPSA) is 46.3 Å². The Morgan fingerprint density at radius 2 is 2.05 bits per heavy atom. The van der Waals surface area contributed by atoms with Crippen LogP contribution in [0.1, 0.15) is 35.7 Å². The summed E-state index contributed by atoms with van der Waals surface area (Å²) in [5, 5.41) is 0. The molecule has 2 rings (SSSR count). The first-order valence-electron chi connectivity index (χ1n) is 6.12. The first kappa shape index (κ1) is 13.7. The summed E-state index contributed by atoms with van der Waals surface area (Å²) in [6.45, 7) is 2.31. The van der Waals surface area contributed by atoms with Crippen molar-refractivity contribution in [3.05, 3.63) is 29.3 Å². The second kappa shape index (κ2) is 4.75. The second-order valence-electron chi connectivity index (χ2n) is 4.62. The lowest BCUT2D eigenvalue weighted by Crippen LogP contribution is -2.33. The zero-order valence-corrected chi connectivity index (χ0v) is 10.5. The largest absolute Gasteiger partial charge is 0.418 e. The first-order chi connectivity index (χ1) is 8.84. The summed E-state index contributed by atoms with van der Waals surface area (Å²) >= 11 is 0. The highest BCUT2D eigenvalue weighted by atomic mass is 19.4. The Hall–Kier alpha value is -1.72. The number of nitrogens with zero attached hydrogens (tertiary/aromatic N) is 1. The molecule has 0 radical (unpaired) electrons. The fourth-order valence-electron chi connectivity index (χ4n) is 2.05. The number of halogens is 3. The lowest BCUT2D eigenvalue weighted by molar-refractivity contribution is -0.136. The fraction of sp³-hybridized carbons (Fsp3) is 0.462.